The second kappa shape index (κ2) is 9.80. The molecule has 0 aliphatic rings. The molecule has 0 amide bonds. The van der Waals surface area contributed by atoms with Crippen molar-refractivity contribution in [2.24, 2.45) is 0 Å². The van der Waals surface area contributed by atoms with Gasteiger partial charge < -0.3 is 9.84 Å². The molecular weight excluding hydrogens is 405 g/mol. The van der Waals surface area contributed by atoms with Crippen LogP contribution in [0.5, 0.6) is 5.75 Å². The molecule has 0 saturated heterocycles. The standard InChI is InChI=1S/C25H19F3O3/c1-16(25(29)30)21-4-2-3-5-22(21)19-12-8-17(9-13-19)6-7-18-10-14-20(15-11-18)31-24(28)23(26)27/h2-16H,1H3,(H,29,30)/b7-6+. The maximum Gasteiger partial charge on any atom is 0.344 e. The van der Waals surface area contributed by atoms with E-state index in [0.717, 1.165) is 27.8 Å². The molecule has 0 bridgehead atoms. The van der Waals surface area contributed by atoms with E-state index in [2.05, 4.69) is 4.74 Å². The Labute approximate surface area is 177 Å². The largest absolute Gasteiger partial charge is 0.481 e. The topological polar surface area (TPSA) is 46.5 Å². The molecule has 3 nitrogen and oxygen atoms in total. The summed E-state index contributed by atoms with van der Waals surface area (Å²) < 4.78 is 41.4. The molecule has 0 fully saturated rings. The van der Waals surface area contributed by atoms with Crippen LogP contribution in [0.4, 0.5) is 13.2 Å². The molecule has 3 rings (SSSR count). The highest BCUT2D eigenvalue weighted by Crippen LogP contribution is 2.30. The zero-order chi connectivity index (χ0) is 22.4. The average Bonchev–Trinajstić information content (AvgIpc) is 2.78. The Morgan fingerprint density at radius 3 is 1.97 bits per heavy atom. The minimum atomic E-state index is -2.51. The van der Waals surface area contributed by atoms with E-state index in [9.17, 15) is 23.1 Å². The minimum Gasteiger partial charge on any atom is -0.481 e. The highest BCUT2D eigenvalue weighted by molar-refractivity contribution is 5.81. The lowest BCUT2D eigenvalue weighted by Gasteiger charge is -2.13. The Balaban J connectivity index is 1.74. The summed E-state index contributed by atoms with van der Waals surface area (Å²) in [6.45, 7) is 1.66. The molecule has 0 saturated carbocycles. The number of hydrogen-bond acceptors (Lipinski definition) is 2. The lowest BCUT2D eigenvalue weighted by atomic mass is 9.91. The van der Waals surface area contributed by atoms with Gasteiger partial charge in [0.1, 0.15) is 5.75 Å². The first-order valence-electron chi connectivity index (χ1n) is 9.44. The van der Waals surface area contributed by atoms with Gasteiger partial charge in [-0.25, -0.2) is 0 Å². The van der Waals surface area contributed by atoms with Gasteiger partial charge in [0.25, 0.3) is 0 Å². The number of carboxylic acid groups (broad SMARTS) is 1. The first kappa shape index (κ1) is 21.9. The summed E-state index contributed by atoms with van der Waals surface area (Å²) >= 11 is 0. The zero-order valence-electron chi connectivity index (χ0n) is 16.6. The second-order valence-corrected chi connectivity index (χ2v) is 6.81. The number of carbonyl (C=O) groups is 1. The van der Waals surface area contributed by atoms with Crippen molar-refractivity contribution in [2.75, 3.05) is 0 Å². The Morgan fingerprint density at radius 2 is 1.42 bits per heavy atom. The van der Waals surface area contributed by atoms with Gasteiger partial charge >= 0.3 is 18.1 Å². The van der Waals surface area contributed by atoms with E-state index in [0.29, 0.717) is 0 Å². The number of ether oxygens (including phenoxy) is 1. The van der Waals surface area contributed by atoms with Gasteiger partial charge in [-0.05, 0) is 46.9 Å². The number of carboxylic acids is 1. The summed E-state index contributed by atoms with van der Waals surface area (Å²) in [7, 11) is 0. The van der Waals surface area contributed by atoms with Crippen LogP contribution in [0.2, 0.25) is 0 Å². The normalized spacial score (nSPS) is 11.9. The third-order valence-corrected chi connectivity index (χ3v) is 4.72. The quantitative estimate of drug-likeness (QED) is 0.324. The fraction of sp³-hybridized carbons (Fsp3) is 0.0800. The van der Waals surface area contributed by atoms with E-state index in [4.69, 9.17) is 0 Å². The second-order valence-electron chi connectivity index (χ2n) is 6.81. The van der Waals surface area contributed by atoms with Gasteiger partial charge in [-0.1, -0.05) is 72.8 Å². The molecule has 0 aliphatic heterocycles. The summed E-state index contributed by atoms with van der Waals surface area (Å²) in [5.41, 5.74) is 4.23. The van der Waals surface area contributed by atoms with Crippen molar-refractivity contribution in [1.29, 1.82) is 0 Å². The molecule has 0 aliphatic carbocycles. The molecule has 31 heavy (non-hydrogen) atoms. The fourth-order valence-corrected chi connectivity index (χ4v) is 3.03. The summed E-state index contributed by atoms with van der Waals surface area (Å²) in [4.78, 5) is 11.4. The Morgan fingerprint density at radius 1 is 0.871 bits per heavy atom. The average molecular weight is 424 g/mol. The van der Waals surface area contributed by atoms with Crippen LogP contribution in [0.15, 0.2) is 84.9 Å². The monoisotopic (exact) mass is 424 g/mol. The van der Waals surface area contributed by atoms with Crippen LogP contribution in [0, 0.1) is 0 Å². The molecule has 0 radical (unpaired) electrons. The van der Waals surface area contributed by atoms with Crippen molar-refractivity contribution in [2.45, 2.75) is 12.8 Å². The summed E-state index contributed by atoms with van der Waals surface area (Å²) in [5.74, 6) is -1.52. The zero-order valence-corrected chi connectivity index (χ0v) is 16.6. The molecule has 0 spiro atoms. The van der Waals surface area contributed by atoms with E-state index in [1.807, 2.05) is 60.7 Å². The number of rotatable bonds is 7. The summed E-state index contributed by atoms with van der Waals surface area (Å²) in [5, 5.41) is 9.34. The Bertz CT molecular complexity index is 1110. The SMILES string of the molecule is CC(C(=O)O)c1ccccc1-c1ccc(/C=C/c2ccc(OC(F)=C(F)F)cc2)cc1. The molecular formula is C25H19F3O3. The number of hydrogen-bond donors (Lipinski definition) is 1. The molecule has 1 N–H and O–H groups in total. The molecule has 6 heteroatoms. The van der Waals surface area contributed by atoms with Gasteiger partial charge in [0.2, 0.25) is 0 Å². The Hall–Kier alpha value is -3.80. The maximum absolute atomic E-state index is 12.8. The lowest BCUT2D eigenvalue weighted by molar-refractivity contribution is -0.138. The number of halogens is 3. The fourth-order valence-electron chi connectivity index (χ4n) is 3.03. The number of benzene rings is 3. The van der Waals surface area contributed by atoms with Gasteiger partial charge in [-0.2, -0.15) is 13.2 Å². The van der Waals surface area contributed by atoms with Gasteiger partial charge in [0.05, 0.1) is 5.92 Å². The number of aliphatic carboxylic acids is 1. The highest BCUT2D eigenvalue weighted by Gasteiger charge is 2.17. The predicted molar refractivity (Wildman–Crippen MR) is 114 cm³/mol. The first-order chi connectivity index (χ1) is 14.8. The van der Waals surface area contributed by atoms with Crippen LogP contribution in [0.3, 0.4) is 0 Å². The molecule has 0 heterocycles. The van der Waals surface area contributed by atoms with Gasteiger partial charge in [-0.3, -0.25) is 4.79 Å². The van der Waals surface area contributed by atoms with E-state index >= 15 is 0 Å². The van der Waals surface area contributed by atoms with Crippen molar-refractivity contribution >= 4 is 18.1 Å². The highest BCUT2D eigenvalue weighted by atomic mass is 19.3. The smallest absolute Gasteiger partial charge is 0.344 e. The molecule has 3 aromatic rings. The van der Waals surface area contributed by atoms with Crippen molar-refractivity contribution in [3.8, 4) is 16.9 Å². The van der Waals surface area contributed by atoms with Crippen LogP contribution < -0.4 is 4.74 Å². The third-order valence-electron chi connectivity index (χ3n) is 4.72. The Kier molecular flexibility index (Phi) is 6.92. The van der Waals surface area contributed by atoms with E-state index in [1.54, 1.807) is 19.1 Å². The lowest BCUT2D eigenvalue weighted by Crippen LogP contribution is -2.08. The van der Waals surface area contributed by atoms with Crippen LogP contribution in [-0.2, 0) is 4.79 Å². The summed E-state index contributed by atoms with van der Waals surface area (Å²) in [6.07, 6.45) is 1.18. The molecule has 158 valence electrons. The van der Waals surface area contributed by atoms with E-state index in [1.165, 1.54) is 12.1 Å². The molecule has 0 aromatic heterocycles. The van der Waals surface area contributed by atoms with Crippen molar-refractivity contribution < 1.29 is 27.8 Å². The van der Waals surface area contributed by atoms with E-state index in [-0.39, 0.29) is 5.75 Å². The molecule has 1 atom stereocenters. The third kappa shape index (κ3) is 5.63. The van der Waals surface area contributed by atoms with Gasteiger partial charge in [0.15, 0.2) is 0 Å². The van der Waals surface area contributed by atoms with E-state index < -0.39 is 24.0 Å². The molecule has 1 unspecified atom stereocenters. The van der Waals surface area contributed by atoms with Gasteiger partial charge in [0, 0.05) is 0 Å². The van der Waals surface area contributed by atoms with Gasteiger partial charge in [-0.15, -0.1) is 0 Å². The van der Waals surface area contributed by atoms with Crippen molar-refractivity contribution in [1.82, 2.24) is 0 Å². The first-order valence-corrected chi connectivity index (χ1v) is 9.44. The van der Waals surface area contributed by atoms with Crippen molar-refractivity contribution in [3.63, 3.8) is 0 Å². The van der Waals surface area contributed by atoms with Crippen molar-refractivity contribution in [3.05, 3.63) is 102 Å². The van der Waals surface area contributed by atoms with Crippen LogP contribution in [-0.4, -0.2) is 11.1 Å². The minimum absolute atomic E-state index is 0.0268. The summed E-state index contributed by atoms with van der Waals surface area (Å²) in [6, 6.07) is 19.2. The molecule has 3 aromatic carbocycles. The maximum atomic E-state index is 12.8. The van der Waals surface area contributed by atoms with Crippen LogP contribution >= 0.6 is 0 Å². The van der Waals surface area contributed by atoms with Crippen LogP contribution in [0.1, 0.15) is 29.5 Å². The predicted octanol–water partition coefficient (Wildman–Crippen LogP) is 7.13. The van der Waals surface area contributed by atoms with Crippen LogP contribution in [0.25, 0.3) is 23.3 Å².